The average Bonchev–Trinajstić information content (AvgIpc) is 3.42. The summed E-state index contributed by atoms with van der Waals surface area (Å²) in [6.07, 6.45) is 5.74. The minimum Gasteiger partial charge on any atom is -0.393 e. The maximum absolute atomic E-state index is 12.8. The van der Waals surface area contributed by atoms with Crippen LogP contribution in [0.5, 0.6) is 0 Å². The minimum absolute atomic E-state index is 0.123. The van der Waals surface area contributed by atoms with E-state index in [4.69, 9.17) is 0 Å². The second kappa shape index (κ2) is 8.79. The number of fused-ring (bicyclic) bond motifs is 3. The first kappa shape index (κ1) is 20.8. The molecule has 32 heavy (non-hydrogen) atoms. The topological polar surface area (TPSA) is 61.6 Å². The van der Waals surface area contributed by atoms with Crippen molar-refractivity contribution < 1.29 is 9.90 Å². The van der Waals surface area contributed by atoms with Crippen LogP contribution in [0.1, 0.15) is 30.9 Å². The van der Waals surface area contributed by atoms with Gasteiger partial charge in [0.05, 0.1) is 36.9 Å². The summed E-state index contributed by atoms with van der Waals surface area (Å²) in [6, 6.07) is 18.5. The number of aliphatic hydroxyl groups is 1. The van der Waals surface area contributed by atoms with Gasteiger partial charge in [0.2, 0.25) is 5.91 Å². The van der Waals surface area contributed by atoms with Crippen LogP contribution in [0.3, 0.4) is 0 Å². The van der Waals surface area contributed by atoms with Gasteiger partial charge in [-0.05, 0) is 42.9 Å². The fourth-order valence-electron chi connectivity index (χ4n) is 5.20. The third kappa shape index (κ3) is 3.91. The van der Waals surface area contributed by atoms with Crippen LogP contribution in [0.25, 0.3) is 11.3 Å². The standard InChI is InChI=1S/C26H30N4O2/c1-28(20-7-3-2-4-8-20)17-26(32)29-13-11-19(12-14-29)25(31)15-23-21-9-5-6-10-22(21)24-16-27-18-30(23)24/h2-10,16,18-19,23,25,31H,11-15,17H2,1H3. The molecule has 5 rings (SSSR count). The molecule has 3 aromatic rings. The van der Waals surface area contributed by atoms with Crippen LogP contribution in [0.15, 0.2) is 67.1 Å². The summed E-state index contributed by atoms with van der Waals surface area (Å²) in [5, 5.41) is 11.1. The second-order valence-electron chi connectivity index (χ2n) is 9.00. The van der Waals surface area contributed by atoms with Gasteiger partial charge in [0.25, 0.3) is 0 Å². The van der Waals surface area contributed by atoms with Gasteiger partial charge in [-0.1, -0.05) is 42.5 Å². The van der Waals surface area contributed by atoms with E-state index >= 15 is 0 Å². The first-order chi connectivity index (χ1) is 15.6. The third-order valence-electron chi connectivity index (χ3n) is 7.07. The van der Waals surface area contributed by atoms with E-state index in [1.54, 1.807) is 0 Å². The van der Waals surface area contributed by atoms with Gasteiger partial charge < -0.3 is 19.5 Å². The maximum atomic E-state index is 12.8. The Morgan fingerprint density at radius 2 is 1.84 bits per heavy atom. The zero-order valence-electron chi connectivity index (χ0n) is 18.5. The molecule has 0 aliphatic carbocycles. The number of piperidine rings is 1. The number of carbonyl (C=O) groups excluding carboxylic acids is 1. The number of carbonyl (C=O) groups is 1. The van der Waals surface area contributed by atoms with Crippen molar-refractivity contribution in [3.05, 3.63) is 72.7 Å². The van der Waals surface area contributed by atoms with E-state index in [9.17, 15) is 9.90 Å². The van der Waals surface area contributed by atoms with E-state index in [-0.39, 0.29) is 17.9 Å². The molecule has 0 radical (unpaired) electrons. The molecule has 2 aliphatic rings. The predicted molar refractivity (Wildman–Crippen MR) is 125 cm³/mol. The number of aliphatic hydroxyl groups excluding tert-OH is 1. The highest BCUT2D eigenvalue weighted by Gasteiger charge is 2.34. The van der Waals surface area contributed by atoms with E-state index < -0.39 is 6.10 Å². The SMILES string of the molecule is CN(CC(=O)N1CCC(C(O)CC2c3ccccc3-c3cncn32)CC1)c1ccccc1. The molecule has 2 aromatic carbocycles. The lowest BCUT2D eigenvalue weighted by molar-refractivity contribution is -0.131. The van der Waals surface area contributed by atoms with Crippen LogP contribution in [-0.2, 0) is 4.79 Å². The van der Waals surface area contributed by atoms with Crippen LogP contribution in [0, 0.1) is 5.92 Å². The molecule has 6 heteroatoms. The van der Waals surface area contributed by atoms with Gasteiger partial charge in [-0.25, -0.2) is 4.98 Å². The highest BCUT2D eigenvalue weighted by Crippen LogP contribution is 2.42. The van der Waals surface area contributed by atoms with E-state index in [0.29, 0.717) is 26.1 Å². The molecule has 1 aromatic heterocycles. The molecule has 2 unspecified atom stereocenters. The number of likely N-dealkylation sites (N-methyl/N-ethyl adjacent to an activating group) is 1. The quantitative estimate of drug-likeness (QED) is 0.649. The molecule has 0 saturated carbocycles. The molecule has 1 N–H and O–H groups in total. The molecule has 0 spiro atoms. The Morgan fingerprint density at radius 1 is 1.12 bits per heavy atom. The predicted octanol–water partition coefficient (Wildman–Crippen LogP) is 3.58. The molecule has 1 amide bonds. The van der Waals surface area contributed by atoms with Crippen molar-refractivity contribution in [2.75, 3.05) is 31.6 Å². The summed E-state index contributed by atoms with van der Waals surface area (Å²) >= 11 is 0. The molecule has 0 bridgehead atoms. The number of likely N-dealkylation sites (tertiary alicyclic amines) is 1. The van der Waals surface area contributed by atoms with Crippen molar-refractivity contribution in [2.45, 2.75) is 31.4 Å². The van der Waals surface area contributed by atoms with Crippen molar-refractivity contribution in [1.82, 2.24) is 14.5 Å². The van der Waals surface area contributed by atoms with E-state index in [1.165, 1.54) is 11.1 Å². The molecular weight excluding hydrogens is 400 g/mol. The Morgan fingerprint density at radius 3 is 2.62 bits per heavy atom. The number of aromatic nitrogens is 2. The largest absolute Gasteiger partial charge is 0.393 e. The number of para-hydroxylation sites is 1. The summed E-state index contributed by atoms with van der Waals surface area (Å²) in [4.78, 5) is 21.0. The fourth-order valence-corrected chi connectivity index (χ4v) is 5.20. The van der Waals surface area contributed by atoms with Gasteiger partial charge >= 0.3 is 0 Å². The summed E-state index contributed by atoms with van der Waals surface area (Å²) in [6.45, 7) is 1.79. The first-order valence-electron chi connectivity index (χ1n) is 11.4. The average molecular weight is 431 g/mol. The van der Waals surface area contributed by atoms with Crippen LogP contribution in [0.2, 0.25) is 0 Å². The summed E-state index contributed by atoms with van der Waals surface area (Å²) in [5.74, 6) is 0.364. The lowest BCUT2D eigenvalue weighted by Gasteiger charge is -2.36. The lowest BCUT2D eigenvalue weighted by Crippen LogP contribution is -2.45. The van der Waals surface area contributed by atoms with Crippen LogP contribution in [-0.4, -0.2) is 58.3 Å². The molecule has 1 saturated heterocycles. The maximum Gasteiger partial charge on any atom is 0.242 e. The number of amides is 1. The number of anilines is 1. The minimum atomic E-state index is -0.398. The normalized spacial score (nSPS) is 18.8. The molecule has 2 aliphatic heterocycles. The van der Waals surface area contributed by atoms with Crippen molar-refractivity contribution in [2.24, 2.45) is 5.92 Å². The number of imidazole rings is 1. The van der Waals surface area contributed by atoms with Crippen LogP contribution in [0.4, 0.5) is 5.69 Å². The van der Waals surface area contributed by atoms with Gasteiger partial charge in [-0.2, -0.15) is 0 Å². The second-order valence-corrected chi connectivity index (χ2v) is 9.00. The molecule has 6 nitrogen and oxygen atoms in total. The number of hydrogen-bond donors (Lipinski definition) is 1. The number of hydrogen-bond acceptors (Lipinski definition) is 4. The zero-order valence-corrected chi connectivity index (χ0v) is 18.5. The molecule has 3 heterocycles. The van der Waals surface area contributed by atoms with Crippen molar-refractivity contribution in [1.29, 1.82) is 0 Å². The number of rotatable bonds is 6. The monoisotopic (exact) mass is 430 g/mol. The molecule has 1 fully saturated rings. The number of benzene rings is 2. The third-order valence-corrected chi connectivity index (χ3v) is 7.07. The number of nitrogens with zero attached hydrogens (tertiary/aromatic N) is 4. The van der Waals surface area contributed by atoms with Gasteiger partial charge in [0.1, 0.15) is 0 Å². The smallest absolute Gasteiger partial charge is 0.242 e. The van der Waals surface area contributed by atoms with E-state index in [1.807, 2.05) is 59.7 Å². The van der Waals surface area contributed by atoms with Gasteiger partial charge in [0, 0.05) is 31.4 Å². The summed E-state index contributed by atoms with van der Waals surface area (Å²) in [7, 11) is 1.95. The highest BCUT2D eigenvalue weighted by atomic mass is 16.3. The Labute approximate surface area is 189 Å². The lowest BCUT2D eigenvalue weighted by atomic mass is 9.86. The Hall–Kier alpha value is -3.12. The van der Waals surface area contributed by atoms with E-state index in [0.717, 1.165) is 24.2 Å². The Balaban J connectivity index is 1.17. The van der Waals surface area contributed by atoms with E-state index in [2.05, 4.69) is 33.8 Å². The molecule has 2 atom stereocenters. The van der Waals surface area contributed by atoms with Crippen molar-refractivity contribution in [3.8, 4) is 11.3 Å². The van der Waals surface area contributed by atoms with Crippen LogP contribution >= 0.6 is 0 Å². The Kier molecular flexibility index (Phi) is 5.70. The summed E-state index contributed by atoms with van der Waals surface area (Å²) < 4.78 is 2.19. The van der Waals surface area contributed by atoms with Gasteiger partial charge in [-0.15, -0.1) is 0 Å². The zero-order chi connectivity index (χ0) is 22.1. The van der Waals surface area contributed by atoms with Crippen molar-refractivity contribution in [3.63, 3.8) is 0 Å². The first-order valence-corrected chi connectivity index (χ1v) is 11.4. The molecular formula is C26H30N4O2. The van der Waals surface area contributed by atoms with Crippen LogP contribution < -0.4 is 4.90 Å². The summed E-state index contributed by atoms with van der Waals surface area (Å²) in [5.41, 5.74) is 4.65. The molecule has 166 valence electrons. The fraction of sp³-hybridized carbons (Fsp3) is 0.385. The van der Waals surface area contributed by atoms with Gasteiger partial charge in [-0.3, -0.25) is 4.79 Å². The van der Waals surface area contributed by atoms with Gasteiger partial charge in [0.15, 0.2) is 0 Å². The van der Waals surface area contributed by atoms with Crippen molar-refractivity contribution >= 4 is 11.6 Å². The highest BCUT2D eigenvalue weighted by molar-refractivity contribution is 5.81. The Bertz CT molecular complexity index is 1070.